The Hall–Kier alpha value is -2.18. The van der Waals surface area contributed by atoms with Crippen molar-refractivity contribution in [3.05, 3.63) is 29.8 Å². The Morgan fingerprint density at radius 1 is 0.812 bits per heavy atom. The van der Waals surface area contributed by atoms with Gasteiger partial charge in [0.2, 0.25) is 11.8 Å². The Morgan fingerprint density at radius 2 is 1.44 bits per heavy atom. The highest BCUT2D eigenvalue weighted by molar-refractivity contribution is 5.88. The van der Waals surface area contributed by atoms with Gasteiger partial charge in [-0.15, -0.1) is 0 Å². The monoisotopic (exact) mass is 448 g/mol. The highest BCUT2D eigenvalue weighted by Gasteiger charge is 2.39. The van der Waals surface area contributed by atoms with E-state index in [0.29, 0.717) is 12.8 Å². The number of carbonyl (C=O) groups excluding carboxylic acids is 2. The molecule has 0 unspecified atom stereocenters. The number of hydrogen-bond acceptors (Lipinski definition) is 3. The Kier molecular flexibility index (Phi) is 7.63. The van der Waals surface area contributed by atoms with Crippen molar-refractivity contribution in [1.82, 2.24) is 10.2 Å². The molecule has 0 bridgehead atoms. The van der Waals surface area contributed by atoms with Gasteiger partial charge >= 0.3 is 0 Å². The van der Waals surface area contributed by atoms with Gasteiger partial charge in [0.1, 0.15) is 17.4 Å². The van der Waals surface area contributed by atoms with Crippen LogP contribution in [-0.4, -0.2) is 41.9 Å². The molecule has 32 heavy (non-hydrogen) atoms. The van der Waals surface area contributed by atoms with Gasteiger partial charge in [-0.3, -0.25) is 9.59 Å². The summed E-state index contributed by atoms with van der Waals surface area (Å²) in [7, 11) is 0. The van der Waals surface area contributed by atoms with E-state index in [1.54, 1.807) is 0 Å². The Morgan fingerprint density at radius 3 is 2.09 bits per heavy atom. The molecule has 4 rings (SSSR count). The Bertz CT molecular complexity index is 784. The minimum absolute atomic E-state index is 0.0108. The maximum absolute atomic E-state index is 13.4. The summed E-state index contributed by atoms with van der Waals surface area (Å²) in [6.45, 7) is 1.64. The normalized spacial score (nSPS) is 28.8. The lowest BCUT2D eigenvalue weighted by atomic mass is 9.77. The smallest absolute Gasteiger partial charge is 0.226 e. The van der Waals surface area contributed by atoms with E-state index < -0.39 is 11.6 Å². The number of piperidine rings is 1. The van der Waals surface area contributed by atoms with Crippen LogP contribution in [0.3, 0.4) is 0 Å². The molecule has 1 heterocycles. The molecule has 1 aromatic carbocycles. The van der Waals surface area contributed by atoms with Crippen LogP contribution in [0.5, 0.6) is 5.75 Å². The second kappa shape index (κ2) is 10.6. The molecular formula is C25H34F2N2O3. The highest BCUT2D eigenvalue weighted by atomic mass is 19.1. The van der Waals surface area contributed by atoms with Gasteiger partial charge < -0.3 is 15.0 Å². The quantitative estimate of drug-likeness (QED) is 0.717. The Balaban J connectivity index is 1.28. The first-order valence-corrected chi connectivity index (χ1v) is 12.2. The molecule has 3 aliphatic rings. The third kappa shape index (κ3) is 5.78. The summed E-state index contributed by atoms with van der Waals surface area (Å²) in [4.78, 5) is 28.2. The van der Waals surface area contributed by atoms with Crippen molar-refractivity contribution in [2.75, 3.05) is 13.1 Å². The SMILES string of the molecule is O=C(NC1CCC(Oc2cc(F)cc(F)c2)CC1)[C@H]1CCCC[C@H]1C(=O)N1CCCCC1. The van der Waals surface area contributed by atoms with E-state index in [1.807, 2.05) is 4.90 Å². The van der Waals surface area contributed by atoms with E-state index in [-0.39, 0.29) is 41.5 Å². The van der Waals surface area contributed by atoms with Crippen LogP contribution in [0, 0.1) is 23.5 Å². The summed E-state index contributed by atoms with van der Waals surface area (Å²) in [5, 5.41) is 3.19. The van der Waals surface area contributed by atoms with Gasteiger partial charge in [0.15, 0.2) is 0 Å². The number of likely N-dealkylation sites (tertiary alicyclic amines) is 1. The molecule has 0 radical (unpaired) electrons. The zero-order valence-electron chi connectivity index (χ0n) is 18.7. The fourth-order valence-electron chi connectivity index (χ4n) is 5.51. The van der Waals surface area contributed by atoms with Crippen LogP contribution in [0.4, 0.5) is 8.78 Å². The van der Waals surface area contributed by atoms with Crippen molar-refractivity contribution in [3.63, 3.8) is 0 Å². The van der Waals surface area contributed by atoms with Crippen molar-refractivity contribution in [2.45, 2.75) is 82.8 Å². The van der Waals surface area contributed by atoms with Crippen LogP contribution in [0.25, 0.3) is 0 Å². The molecule has 3 fully saturated rings. The maximum Gasteiger partial charge on any atom is 0.226 e. The van der Waals surface area contributed by atoms with Gasteiger partial charge in [-0.25, -0.2) is 8.78 Å². The number of nitrogens with zero attached hydrogens (tertiary/aromatic N) is 1. The predicted molar refractivity (Wildman–Crippen MR) is 117 cm³/mol. The van der Waals surface area contributed by atoms with Gasteiger partial charge in [0, 0.05) is 49.2 Å². The summed E-state index contributed by atoms with van der Waals surface area (Å²) in [5.41, 5.74) is 0. The number of rotatable bonds is 5. The van der Waals surface area contributed by atoms with Crippen LogP contribution < -0.4 is 10.1 Å². The van der Waals surface area contributed by atoms with E-state index in [0.717, 1.165) is 70.5 Å². The number of carbonyl (C=O) groups is 2. The molecule has 0 spiro atoms. The number of hydrogen-bond donors (Lipinski definition) is 1. The molecule has 2 atom stereocenters. The first-order chi connectivity index (χ1) is 15.5. The summed E-state index contributed by atoms with van der Waals surface area (Å²) in [6, 6.07) is 3.27. The lowest BCUT2D eigenvalue weighted by Crippen LogP contribution is -2.49. The number of benzene rings is 1. The van der Waals surface area contributed by atoms with Crippen molar-refractivity contribution in [1.29, 1.82) is 0 Å². The molecule has 1 aromatic rings. The number of amides is 2. The summed E-state index contributed by atoms with van der Waals surface area (Å²) < 4.78 is 32.5. The van der Waals surface area contributed by atoms with E-state index in [4.69, 9.17) is 4.74 Å². The van der Waals surface area contributed by atoms with Crippen LogP contribution >= 0.6 is 0 Å². The average molecular weight is 449 g/mol. The van der Waals surface area contributed by atoms with E-state index in [1.165, 1.54) is 18.6 Å². The number of ether oxygens (including phenoxy) is 1. The topological polar surface area (TPSA) is 58.6 Å². The molecule has 176 valence electrons. The summed E-state index contributed by atoms with van der Waals surface area (Å²) in [5.74, 6) is -1.34. The van der Waals surface area contributed by atoms with E-state index in [9.17, 15) is 18.4 Å². The zero-order valence-corrected chi connectivity index (χ0v) is 18.7. The van der Waals surface area contributed by atoms with Crippen LogP contribution in [0.1, 0.15) is 70.6 Å². The number of nitrogens with one attached hydrogen (secondary N) is 1. The second-order valence-electron chi connectivity index (χ2n) is 9.59. The van der Waals surface area contributed by atoms with Crippen molar-refractivity contribution in [3.8, 4) is 5.75 Å². The third-order valence-electron chi connectivity index (χ3n) is 7.25. The van der Waals surface area contributed by atoms with Crippen molar-refractivity contribution < 1.29 is 23.1 Å². The standard InChI is InChI=1S/C25H34F2N2O3/c26-17-14-18(27)16-21(15-17)32-20-10-8-19(9-11-20)28-24(30)22-6-2-3-7-23(22)25(31)29-12-4-1-5-13-29/h14-16,19-20,22-23H,1-13H2,(H,28,30)/t19?,20?,22-,23+/m0/s1. The van der Waals surface area contributed by atoms with Crippen LogP contribution in [-0.2, 0) is 9.59 Å². The molecule has 7 heteroatoms. The van der Waals surface area contributed by atoms with Gasteiger partial charge in [0.05, 0.1) is 6.10 Å². The molecule has 2 saturated carbocycles. The largest absolute Gasteiger partial charge is 0.490 e. The molecule has 0 aromatic heterocycles. The summed E-state index contributed by atoms with van der Waals surface area (Å²) in [6.07, 6.45) is 9.70. The van der Waals surface area contributed by atoms with E-state index >= 15 is 0 Å². The van der Waals surface area contributed by atoms with Crippen LogP contribution in [0.15, 0.2) is 18.2 Å². The molecule has 1 aliphatic heterocycles. The van der Waals surface area contributed by atoms with Gasteiger partial charge in [0.25, 0.3) is 0 Å². The Labute approximate surface area is 188 Å². The van der Waals surface area contributed by atoms with Gasteiger partial charge in [-0.05, 0) is 57.8 Å². The molecule has 2 amide bonds. The average Bonchev–Trinajstić information content (AvgIpc) is 2.80. The predicted octanol–water partition coefficient (Wildman–Crippen LogP) is 4.59. The zero-order chi connectivity index (χ0) is 22.5. The molecule has 5 nitrogen and oxygen atoms in total. The minimum atomic E-state index is -0.651. The van der Waals surface area contributed by atoms with Crippen molar-refractivity contribution >= 4 is 11.8 Å². The molecule has 1 N–H and O–H groups in total. The minimum Gasteiger partial charge on any atom is -0.490 e. The maximum atomic E-state index is 13.4. The first kappa shape index (κ1) is 23.0. The fraction of sp³-hybridized carbons (Fsp3) is 0.680. The molecule has 2 aliphatic carbocycles. The van der Waals surface area contributed by atoms with E-state index in [2.05, 4.69) is 5.32 Å². The first-order valence-electron chi connectivity index (χ1n) is 12.2. The lowest BCUT2D eigenvalue weighted by Gasteiger charge is -2.37. The number of halogens is 2. The lowest BCUT2D eigenvalue weighted by molar-refractivity contribution is -0.144. The van der Waals surface area contributed by atoms with Gasteiger partial charge in [-0.2, -0.15) is 0 Å². The second-order valence-corrected chi connectivity index (χ2v) is 9.59. The highest BCUT2D eigenvalue weighted by Crippen LogP contribution is 2.33. The molecule has 1 saturated heterocycles. The summed E-state index contributed by atoms with van der Waals surface area (Å²) >= 11 is 0. The van der Waals surface area contributed by atoms with Gasteiger partial charge in [-0.1, -0.05) is 12.8 Å². The van der Waals surface area contributed by atoms with Crippen LogP contribution in [0.2, 0.25) is 0 Å². The van der Waals surface area contributed by atoms with Crippen molar-refractivity contribution in [2.24, 2.45) is 11.8 Å². The third-order valence-corrected chi connectivity index (χ3v) is 7.25. The molecular weight excluding hydrogens is 414 g/mol. The fourth-order valence-corrected chi connectivity index (χ4v) is 5.51.